The molecule has 0 amide bonds. The van der Waals surface area contributed by atoms with Gasteiger partial charge in [0, 0.05) is 23.5 Å². The van der Waals surface area contributed by atoms with Crippen molar-refractivity contribution in [3.05, 3.63) is 42.7 Å². The Labute approximate surface area is 134 Å². The number of aromatic nitrogens is 5. The minimum atomic E-state index is 0.260. The molecule has 0 unspecified atom stereocenters. The molecule has 4 aromatic rings. The predicted molar refractivity (Wildman–Crippen MR) is 83.4 cm³/mol. The molecule has 0 saturated carbocycles. The standard InChI is InChI=1S/C15H9N5O2S/c1-2-11-12(22-8-21-11)7-10(1)14-19-20-13(17-18-15(20)23-14)9-3-5-16-6-4-9/h1-7H,8H2. The van der Waals surface area contributed by atoms with Crippen LogP contribution in [0.4, 0.5) is 0 Å². The quantitative estimate of drug-likeness (QED) is 0.564. The second-order valence-electron chi connectivity index (χ2n) is 4.93. The van der Waals surface area contributed by atoms with Crippen molar-refractivity contribution in [1.82, 2.24) is 24.8 Å². The van der Waals surface area contributed by atoms with E-state index in [1.165, 1.54) is 11.3 Å². The lowest BCUT2D eigenvalue weighted by Crippen LogP contribution is -1.92. The van der Waals surface area contributed by atoms with Crippen LogP contribution in [0.5, 0.6) is 11.5 Å². The molecule has 3 aromatic heterocycles. The van der Waals surface area contributed by atoms with Gasteiger partial charge >= 0.3 is 0 Å². The molecule has 0 spiro atoms. The van der Waals surface area contributed by atoms with Crippen molar-refractivity contribution in [2.45, 2.75) is 0 Å². The van der Waals surface area contributed by atoms with Crippen LogP contribution in [0.2, 0.25) is 0 Å². The van der Waals surface area contributed by atoms with Crippen molar-refractivity contribution in [1.29, 1.82) is 0 Å². The Kier molecular flexibility index (Phi) is 2.59. The fourth-order valence-corrected chi connectivity index (χ4v) is 3.28. The van der Waals surface area contributed by atoms with Crippen molar-refractivity contribution >= 4 is 16.3 Å². The van der Waals surface area contributed by atoms with Crippen LogP contribution in [-0.4, -0.2) is 31.6 Å². The maximum atomic E-state index is 5.42. The summed E-state index contributed by atoms with van der Waals surface area (Å²) < 4.78 is 12.5. The van der Waals surface area contributed by atoms with Gasteiger partial charge in [-0.3, -0.25) is 4.98 Å². The molecule has 8 heteroatoms. The van der Waals surface area contributed by atoms with Gasteiger partial charge in [0.2, 0.25) is 11.8 Å². The van der Waals surface area contributed by atoms with Gasteiger partial charge in [-0.1, -0.05) is 11.3 Å². The van der Waals surface area contributed by atoms with Crippen molar-refractivity contribution in [3.8, 4) is 33.5 Å². The van der Waals surface area contributed by atoms with E-state index in [4.69, 9.17) is 9.47 Å². The lowest BCUT2D eigenvalue weighted by molar-refractivity contribution is 0.174. The molecule has 1 aromatic carbocycles. The molecule has 112 valence electrons. The highest BCUT2D eigenvalue weighted by molar-refractivity contribution is 7.19. The summed E-state index contributed by atoms with van der Waals surface area (Å²) in [6, 6.07) is 9.56. The van der Waals surface area contributed by atoms with Gasteiger partial charge in [0.25, 0.3) is 0 Å². The number of hydrogen-bond donors (Lipinski definition) is 0. The number of rotatable bonds is 2. The third kappa shape index (κ3) is 1.95. The summed E-state index contributed by atoms with van der Waals surface area (Å²) in [5.41, 5.74) is 1.89. The van der Waals surface area contributed by atoms with Crippen LogP contribution < -0.4 is 9.47 Å². The molecule has 7 nitrogen and oxygen atoms in total. The fraction of sp³-hybridized carbons (Fsp3) is 0.0667. The maximum absolute atomic E-state index is 5.42. The van der Waals surface area contributed by atoms with E-state index >= 15 is 0 Å². The zero-order valence-electron chi connectivity index (χ0n) is 11.7. The minimum Gasteiger partial charge on any atom is -0.454 e. The molecule has 1 aliphatic heterocycles. The topological polar surface area (TPSA) is 74.4 Å². The third-order valence-electron chi connectivity index (χ3n) is 3.55. The normalized spacial score (nSPS) is 12.9. The Balaban J connectivity index is 1.63. The van der Waals surface area contributed by atoms with Crippen LogP contribution >= 0.6 is 11.3 Å². The van der Waals surface area contributed by atoms with E-state index in [9.17, 15) is 0 Å². The number of fused-ring (bicyclic) bond motifs is 2. The first-order valence-electron chi connectivity index (χ1n) is 6.91. The van der Waals surface area contributed by atoms with E-state index in [1.54, 1.807) is 16.9 Å². The number of nitrogens with zero attached hydrogens (tertiary/aromatic N) is 5. The first kappa shape index (κ1) is 12.5. The summed E-state index contributed by atoms with van der Waals surface area (Å²) in [6.07, 6.45) is 3.45. The Morgan fingerprint density at radius 1 is 0.957 bits per heavy atom. The first-order valence-corrected chi connectivity index (χ1v) is 7.73. The third-order valence-corrected chi connectivity index (χ3v) is 4.50. The van der Waals surface area contributed by atoms with Gasteiger partial charge in [0.15, 0.2) is 17.3 Å². The van der Waals surface area contributed by atoms with E-state index < -0.39 is 0 Å². The van der Waals surface area contributed by atoms with Crippen LogP contribution in [-0.2, 0) is 0 Å². The van der Waals surface area contributed by atoms with E-state index in [2.05, 4.69) is 20.3 Å². The van der Waals surface area contributed by atoms with Crippen molar-refractivity contribution < 1.29 is 9.47 Å². The van der Waals surface area contributed by atoms with Gasteiger partial charge in [-0.2, -0.15) is 9.61 Å². The highest BCUT2D eigenvalue weighted by atomic mass is 32.1. The lowest BCUT2D eigenvalue weighted by Gasteiger charge is -1.99. The van der Waals surface area contributed by atoms with E-state index in [0.717, 1.165) is 32.6 Å². The first-order chi connectivity index (χ1) is 11.4. The zero-order valence-corrected chi connectivity index (χ0v) is 12.5. The molecule has 0 saturated heterocycles. The van der Waals surface area contributed by atoms with Crippen LogP contribution in [0.25, 0.3) is 26.9 Å². The Hall–Kier alpha value is -3.00. The van der Waals surface area contributed by atoms with E-state index in [-0.39, 0.29) is 6.79 Å². The molecule has 0 aliphatic carbocycles. The predicted octanol–water partition coefficient (Wildman–Crippen LogP) is 2.64. The van der Waals surface area contributed by atoms with Crippen LogP contribution in [0.15, 0.2) is 42.7 Å². The summed E-state index contributed by atoms with van der Waals surface area (Å²) in [5.74, 6) is 2.20. The number of hydrogen-bond acceptors (Lipinski definition) is 7. The fourth-order valence-electron chi connectivity index (χ4n) is 2.44. The summed E-state index contributed by atoms with van der Waals surface area (Å²) in [4.78, 5) is 4.76. The molecule has 0 radical (unpaired) electrons. The monoisotopic (exact) mass is 323 g/mol. The van der Waals surface area contributed by atoms with Gasteiger partial charge in [-0.15, -0.1) is 10.2 Å². The van der Waals surface area contributed by atoms with Gasteiger partial charge in [-0.25, -0.2) is 0 Å². The van der Waals surface area contributed by atoms with Crippen LogP contribution in [0.3, 0.4) is 0 Å². The highest BCUT2D eigenvalue weighted by Crippen LogP contribution is 2.37. The van der Waals surface area contributed by atoms with Gasteiger partial charge in [0.1, 0.15) is 5.01 Å². The van der Waals surface area contributed by atoms with E-state index in [1.807, 2.05) is 30.3 Å². The van der Waals surface area contributed by atoms with Crippen LogP contribution in [0, 0.1) is 0 Å². The Morgan fingerprint density at radius 3 is 2.74 bits per heavy atom. The molecular weight excluding hydrogens is 314 g/mol. The summed E-state index contributed by atoms with van der Waals surface area (Å²) in [7, 11) is 0. The molecule has 1 aliphatic rings. The molecule has 0 fully saturated rings. The molecule has 0 bridgehead atoms. The lowest BCUT2D eigenvalue weighted by atomic mass is 10.2. The molecule has 5 rings (SSSR count). The number of benzene rings is 1. The smallest absolute Gasteiger partial charge is 0.235 e. The molecular formula is C15H9N5O2S. The Bertz CT molecular complexity index is 1010. The second kappa shape index (κ2) is 4.75. The van der Waals surface area contributed by atoms with Gasteiger partial charge in [0.05, 0.1) is 0 Å². The maximum Gasteiger partial charge on any atom is 0.235 e. The summed E-state index contributed by atoms with van der Waals surface area (Å²) >= 11 is 1.48. The largest absolute Gasteiger partial charge is 0.454 e. The van der Waals surface area contributed by atoms with E-state index in [0.29, 0.717) is 5.82 Å². The van der Waals surface area contributed by atoms with Crippen molar-refractivity contribution in [2.24, 2.45) is 0 Å². The minimum absolute atomic E-state index is 0.260. The second-order valence-corrected chi connectivity index (χ2v) is 5.89. The van der Waals surface area contributed by atoms with Crippen molar-refractivity contribution in [2.75, 3.05) is 6.79 Å². The molecule has 4 heterocycles. The Morgan fingerprint density at radius 2 is 1.83 bits per heavy atom. The summed E-state index contributed by atoms with van der Waals surface area (Å²) in [6.45, 7) is 0.260. The average Bonchev–Trinajstić information content (AvgIpc) is 3.29. The number of pyridine rings is 1. The highest BCUT2D eigenvalue weighted by Gasteiger charge is 2.18. The van der Waals surface area contributed by atoms with Gasteiger partial charge in [-0.05, 0) is 30.3 Å². The number of ether oxygens (including phenoxy) is 2. The van der Waals surface area contributed by atoms with Crippen molar-refractivity contribution in [3.63, 3.8) is 0 Å². The molecule has 0 atom stereocenters. The average molecular weight is 323 g/mol. The summed E-state index contributed by atoms with van der Waals surface area (Å²) in [5, 5.41) is 13.9. The van der Waals surface area contributed by atoms with Crippen LogP contribution in [0.1, 0.15) is 0 Å². The molecule has 0 N–H and O–H groups in total. The van der Waals surface area contributed by atoms with Gasteiger partial charge < -0.3 is 9.47 Å². The molecule has 23 heavy (non-hydrogen) atoms. The zero-order chi connectivity index (χ0) is 15.2. The SMILES string of the molecule is c1cc(-c2nnc3sc(-c4ccc5c(c4)OCO5)nn23)ccn1.